The molecule has 0 unspecified atom stereocenters. The van der Waals surface area contributed by atoms with Gasteiger partial charge in [-0.2, -0.15) is 0 Å². The van der Waals surface area contributed by atoms with Gasteiger partial charge >= 0.3 is 0 Å². The van der Waals surface area contributed by atoms with Crippen LogP contribution in [0.25, 0.3) is 0 Å². The quantitative estimate of drug-likeness (QED) is 0.774. The van der Waals surface area contributed by atoms with Crippen molar-refractivity contribution in [2.75, 3.05) is 31.7 Å². The standard InChI is InChI=1S/C19H21ClN4O2S/c1-27-13-2-3-15(20)14(10-13)17(25)24-7-5-19(6-8-24)16-12(4-9-26-19)11-22-18(21)23-16/h2-3,10-11H,4-9H2,1H3,(H2,21,22,23). The van der Waals surface area contributed by atoms with E-state index in [1.54, 1.807) is 24.0 Å². The molecule has 1 amide bonds. The SMILES string of the molecule is CSc1ccc(Cl)c(C(=O)N2CCC3(CC2)OCCc2cnc(N)nc23)c1. The molecule has 1 saturated heterocycles. The van der Waals surface area contributed by atoms with Crippen LogP contribution < -0.4 is 5.73 Å². The third-order valence-corrected chi connectivity index (χ3v) is 6.38. The Labute approximate surface area is 167 Å². The predicted molar refractivity (Wildman–Crippen MR) is 106 cm³/mol. The van der Waals surface area contributed by atoms with Crippen LogP contribution in [0.4, 0.5) is 5.95 Å². The summed E-state index contributed by atoms with van der Waals surface area (Å²) in [7, 11) is 0. The van der Waals surface area contributed by atoms with Gasteiger partial charge in [-0.3, -0.25) is 4.79 Å². The van der Waals surface area contributed by atoms with Gasteiger partial charge in [-0.15, -0.1) is 11.8 Å². The summed E-state index contributed by atoms with van der Waals surface area (Å²) in [6.45, 7) is 1.81. The van der Waals surface area contributed by atoms with Crippen LogP contribution in [0.15, 0.2) is 29.3 Å². The molecular weight excluding hydrogens is 384 g/mol. The first kappa shape index (κ1) is 18.5. The highest BCUT2D eigenvalue weighted by molar-refractivity contribution is 7.98. The summed E-state index contributed by atoms with van der Waals surface area (Å²) in [6.07, 6.45) is 5.93. The van der Waals surface area contributed by atoms with Crippen LogP contribution in [-0.4, -0.2) is 46.7 Å². The lowest BCUT2D eigenvalue weighted by Crippen LogP contribution is -2.49. The predicted octanol–water partition coefficient (Wildman–Crippen LogP) is 3.14. The molecule has 0 saturated carbocycles. The van der Waals surface area contributed by atoms with Crippen molar-refractivity contribution in [2.24, 2.45) is 0 Å². The van der Waals surface area contributed by atoms with E-state index in [1.807, 2.05) is 23.3 Å². The number of carbonyl (C=O) groups is 1. The molecule has 0 radical (unpaired) electrons. The first-order valence-electron chi connectivity index (χ1n) is 8.91. The highest BCUT2D eigenvalue weighted by atomic mass is 35.5. The fourth-order valence-electron chi connectivity index (χ4n) is 3.84. The molecule has 2 N–H and O–H groups in total. The van der Waals surface area contributed by atoms with Gasteiger partial charge in [0.25, 0.3) is 5.91 Å². The number of thioether (sulfide) groups is 1. The number of likely N-dealkylation sites (tertiary alicyclic amines) is 1. The molecular formula is C19H21ClN4O2S. The number of anilines is 1. The molecule has 1 aromatic carbocycles. The summed E-state index contributed by atoms with van der Waals surface area (Å²) >= 11 is 7.87. The van der Waals surface area contributed by atoms with Gasteiger partial charge in [0.1, 0.15) is 5.60 Å². The molecule has 0 bridgehead atoms. The number of hydrogen-bond donors (Lipinski definition) is 1. The van der Waals surface area contributed by atoms with Gasteiger partial charge in [0.15, 0.2) is 0 Å². The van der Waals surface area contributed by atoms with Crippen LogP contribution in [0.5, 0.6) is 0 Å². The van der Waals surface area contributed by atoms with Crippen molar-refractivity contribution in [2.45, 2.75) is 29.8 Å². The highest BCUT2D eigenvalue weighted by Gasteiger charge is 2.43. The van der Waals surface area contributed by atoms with Crippen LogP contribution in [0.1, 0.15) is 34.5 Å². The number of aromatic nitrogens is 2. The van der Waals surface area contributed by atoms with Gasteiger partial charge in [-0.05, 0) is 49.3 Å². The molecule has 0 atom stereocenters. The molecule has 8 heteroatoms. The van der Waals surface area contributed by atoms with Gasteiger partial charge in [-0.1, -0.05) is 11.6 Å². The number of benzene rings is 1. The van der Waals surface area contributed by atoms with E-state index in [0.29, 0.717) is 43.1 Å². The van der Waals surface area contributed by atoms with E-state index in [-0.39, 0.29) is 11.9 Å². The number of halogens is 1. The summed E-state index contributed by atoms with van der Waals surface area (Å²) in [5.41, 5.74) is 7.85. The van der Waals surface area contributed by atoms with E-state index in [4.69, 9.17) is 22.1 Å². The monoisotopic (exact) mass is 404 g/mol. The summed E-state index contributed by atoms with van der Waals surface area (Å²) in [6, 6.07) is 5.57. The highest BCUT2D eigenvalue weighted by Crippen LogP contribution is 2.41. The van der Waals surface area contributed by atoms with Crippen molar-refractivity contribution < 1.29 is 9.53 Å². The fraction of sp³-hybridized carbons (Fsp3) is 0.421. The Morgan fingerprint density at radius 1 is 1.37 bits per heavy atom. The number of rotatable bonds is 2. The maximum absolute atomic E-state index is 13.0. The second-order valence-corrected chi connectivity index (χ2v) is 8.12. The smallest absolute Gasteiger partial charge is 0.255 e. The minimum Gasteiger partial charge on any atom is -0.368 e. The minimum absolute atomic E-state index is 0.0380. The molecule has 4 rings (SSSR count). The van der Waals surface area contributed by atoms with Crippen molar-refractivity contribution in [3.63, 3.8) is 0 Å². The van der Waals surface area contributed by atoms with E-state index in [2.05, 4.69) is 9.97 Å². The molecule has 6 nitrogen and oxygen atoms in total. The van der Waals surface area contributed by atoms with E-state index in [0.717, 1.165) is 22.6 Å². The van der Waals surface area contributed by atoms with Crippen molar-refractivity contribution >= 4 is 35.2 Å². The van der Waals surface area contributed by atoms with E-state index in [9.17, 15) is 4.79 Å². The number of amides is 1. The van der Waals surface area contributed by atoms with Crippen LogP contribution >= 0.6 is 23.4 Å². The Bertz CT molecular complexity index is 884. The average Bonchev–Trinajstić information content (AvgIpc) is 2.69. The lowest BCUT2D eigenvalue weighted by molar-refractivity contribution is -0.0966. The van der Waals surface area contributed by atoms with Crippen LogP contribution in [-0.2, 0) is 16.8 Å². The Morgan fingerprint density at radius 2 is 2.15 bits per heavy atom. The Kier molecular flexibility index (Phi) is 5.01. The third-order valence-electron chi connectivity index (χ3n) is 5.33. The van der Waals surface area contributed by atoms with Crippen molar-refractivity contribution in [1.82, 2.24) is 14.9 Å². The third kappa shape index (κ3) is 3.39. The largest absolute Gasteiger partial charge is 0.368 e. The number of piperidine rings is 1. The molecule has 1 aromatic heterocycles. The van der Waals surface area contributed by atoms with Crippen molar-refractivity contribution in [3.05, 3.63) is 46.2 Å². The normalized spacial score (nSPS) is 18.4. The summed E-state index contributed by atoms with van der Waals surface area (Å²) in [5, 5.41) is 0.484. The van der Waals surface area contributed by atoms with Gasteiger partial charge in [-0.25, -0.2) is 9.97 Å². The second-order valence-electron chi connectivity index (χ2n) is 6.83. The molecule has 0 aliphatic carbocycles. The number of nitrogen functional groups attached to an aromatic ring is 1. The average molecular weight is 405 g/mol. The van der Waals surface area contributed by atoms with E-state index >= 15 is 0 Å². The van der Waals surface area contributed by atoms with Crippen molar-refractivity contribution in [1.29, 1.82) is 0 Å². The Balaban J connectivity index is 1.55. The lowest BCUT2D eigenvalue weighted by atomic mass is 9.83. The Hall–Kier alpha value is -1.83. The first-order valence-corrected chi connectivity index (χ1v) is 10.5. The zero-order valence-corrected chi connectivity index (χ0v) is 16.6. The number of ether oxygens (including phenoxy) is 1. The molecule has 1 spiro atoms. The number of hydrogen-bond acceptors (Lipinski definition) is 6. The zero-order valence-electron chi connectivity index (χ0n) is 15.1. The maximum Gasteiger partial charge on any atom is 0.255 e. The van der Waals surface area contributed by atoms with Crippen molar-refractivity contribution in [3.8, 4) is 0 Å². The molecule has 2 aromatic rings. The summed E-state index contributed by atoms with van der Waals surface area (Å²) < 4.78 is 6.17. The molecule has 2 aliphatic rings. The van der Waals surface area contributed by atoms with Gasteiger partial charge in [0.05, 0.1) is 22.9 Å². The number of nitrogens with zero attached hydrogens (tertiary/aromatic N) is 3. The van der Waals surface area contributed by atoms with Crippen LogP contribution in [0.3, 0.4) is 0 Å². The van der Waals surface area contributed by atoms with Gasteiger partial charge in [0, 0.05) is 24.2 Å². The zero-order chi connectivity index (χ0) is 19.0. The Morgan fingerprint density at radius 3 is 2.89 bits per heavy atom. The fourth-order valence-corrected chi connectivity index (χ4v) is 4.48. The molecule has 3 heterocycles. The van der Waals surface area contributed by atoms with Crippen LogP contribution in [0.2, 0.25) is 5.02 Å². The van der Waals surface area contributed by atoms with Gasteiger partial charge < -0.3 is 15.4 Å². The van der Waals surface area contributed by atoms with Crippen LogP contribution in [0, 0.1) is 0 Å². The summed E-state index contributed by atoms with van der Waals surface area (Å²) in [5.74, 6) is 0.224. The van der Waals surface area contributed by atoms with Gasteiger partial charge in [0.2, 0.25) is 5.95 Å². The van der Waals surface area contributed by atoms with E-state index in [1.165, 1.54) is 0 Å². The lowest BCUT2D eigenvalue weighted by Gasteiger charge is -2.44. The summed E-state index contributed by atoms with van der Waals surface area (Å²) in [4.78, 5) is 24.5. The molecule has 2 aliphatic heterocycles. The minimum atomic E-state index is -0.480. The molecule has 142 valence electrons. The molecule has 1 fully saturated rings. The number of carbonyl (C=O) groups excluding carboxylic acids is 1. The topological polar surface area (TPSA) is 81.3 Å². The van der Waals surface area contributed by atoms with E-state index < -0.39 is 5.60 Å². The maximum atomic E-state index is 13.0. The number of nitrogens with two attached hydrogens (primary N) is 1. The first-order chi connectivity index (χ1) is 13.0. The molecule has 27 heavy (non-hydrogen) atoms. The number of fused-ring (bicyclic) bond motifs is 2. The second kappa shape index (κ2) is 7.30.